The van der Waals surface area contributed by atoms with E-state index in [2.05, 4.69) is 15.5 Å². The number of methoxy groups -OCH3 is 1. The standard InChI is InChI=1S/C16H29N3O3/c1-17-15(21)16(8-4-3-5-9-16)19-11-6-7-13(19)14(20)18-10-12-22-2/h13H,3-12H2,1-2H3,(H,17,21)(H,18,20). The van der Waals surface area contributed by atoms with Crippen molar-refractivity contribution >= 4 is 11.8 Å². The summed E-state index contributed by atoms with van der Waals surface area (Å²) >= 11 is 0. The van der Waals surface area contributed by atoms with Gasteiger partial charge in [-0.25, -0.2) is 0 Å². The number of carbonyl (C=O) groups excluding carboxylic acids is 2. The number of carbonyl (C=O) groups is 2. The van der Waals surface area contributed by atoms with Crippen LogP contribution in [0.25, 0.3) is 0 Å². The molecule has 6 nitrogen and oxygen atoms in total. The van der Waals surface area contributed by atoms with Crippen molar-refractivity contribution < 1.29 is 14.3 Å². The average Bonchev–Trinajstić information content (AvgIpc) is 3.05. The molecule has 1 unspecified atom stereocenters. The molecule has 1 aliphatic heterocycles. The fourth-order valence-electron chi connectivity index (χ4n) is 3.96. The lowest BCUT2D eigenvalue weighted by Crippen LogP contribution is -2.63. The molecule has 2 rings (SSSR count). The SMILES string of the molecule is CNC(=O)C1(N2CCCC2C(=O)NCCOC)CCCCC1. The number of ether oxygens (including phenoxy) is 1. The molecule has 0 aromatic carbocycles. The number of rotatable bonds is 6. The van der Waals surface area contributed by atoms with Gasteiger partial charge in [0.1, 0.15) is 5.54 Å². The fraction of sp³-hybridized carbons (Fsp3) is 0.875. The molecule has 0 spiro atoms. The second-order valence-corrected chi connectivity index (χ2v) is 6.31. The van der Waals surface area contributed by atoms with Gasteiger partial charge < -0.3 is 15.4 Å². The van der Waals surface area contributed by atoms with Crippen molar-refractivity contribution in [3.8, 4) is 0 Å². The minimum absolute atomic E-state index is 0.0309. The summed E-state index contributed by atoms with van der Waals surface area (Å²) in [6.45, 7) is 1.86. The molecule has 1 aliphatic carbocycles. The Morgan fingerprint density at radius 3 is 2.59 bits per heavy atom. The van der Waals surface area contributed by atoms with E-state index in [9.17, 15) is 9.59 Å². The van der Waals surface area contributed by atoms with Gasteiger partial charge in [-0.3, -0.25) is 14.5 Å². The summed E-state index contributed by atoms with van der Waals surface area (Å²) in [5.41, 5.74) is -0.493. The van der Waals surface area contributed by atoms with Gasteiger partial charge in [-0.2, -0.15) is 0 Å². The topological polar surface area (TPSA) is 70.7 Å². The summed E-state index contributed by atoms with van der Waals surface area (Å²) in [6.07, 6.45) is 6.81. The van der Waals surface area contributed by atoms with Gasteiger partial charge in [0.25, 0.3) is 0 Å². The summed E-state index contributed by atoms with van der Waals surface area (Å²) in [4.78, 5) is 27.3. The highest BCUT2D eigenvalue weighted by Crippen LogP contribution is 2.38. The number of hydrogen-bond acceptors (Lipinski definition) is 4. The predicted molar refractivity (Wildman–Crippen MR) is 84.5 cm³/mol. The average molecular weight is 311 g/mol. The Labute approximate surface area is 132 Å². The third-order valence-electron chi connectivity index (χ3n) is 5.04. The summed E-state index contributed by atoms with van der Waals surface area (Å²) in [7, 11) is 3.32. The lowest BCUT2D eigenvalue weighted by molar-refractivity contribution is -0.140. The molecule has 2 fully saturated rings. The van der Waals surface area contributed by atoms with E-state index in [1.807, 2.05) is 0 Å². The summed E-state index contributed by atoms with van der Waals surface area (Å²) in [5, 5.41) is 5.76. The number of nitrogens with zero attached hydrogens (tertiary/aromatic N) is 1. The lowest BCUT2D eigenvalue weighted by Gasteiger charge is -2.45. The van der Waals surface area contributed by atoms with Gasteiger partial charge in [-0.15, -0.1) is 0 Å². The highest BCUT2D eigenvalue weighted by Gasteiger charge is 2.49. The van der Waals surface area contributed by atoms with E-state index in [-0.39, 0.29) is 17.9 Å². The van der Waals surface area contributed by atoms with Crippen molar-refractivity contribution in [2.75, 3.05) is 33.9 Å². The van der Waals surface area contributed by atoms with E-state index in [1.54, 1.807) is 14.2 Å². The van der Waals surface area contributed by atoms with E-state index >= 15 is 0 Å². The smallest absolute Gasteiger partial charge is 0.240 e. The Hall–Kier alpha value is -1.14. The van der Waals surface area contributed by atoms with Gasteiger partial charge in [0, 0.05) is 27.2 Å². The monoisotopic (exact) mass is 311 g/mol. The van der Waals surface area contributed by atoms with Crippen LogP contribution in [0.3, 0.4) is 0 Å². The lowest BCUT2D eigenvalue weighted by atomic mass is 9.79. The second-order valence-electron chi connectivity index (χ2n) is 6.31. The van der Waals surface area contributed by atoms with Crippen molar-refractivity contribution in [1.82, 2.24) is 15.5 Å². The molecular formula is C16H29N3O3. The Balaban J connectivity index is 2.12. The molecule has 6 heteroatoms. The molecule has 22 heavy (non-hydrogen) atoms. The van der Waals surface area contributed by atoms with E-state index < -0.39 is 5.54 Å². The number of nitrogens with one attached hydrogen (secondary N) is 2. The van der Waals surface area contributed by atoms with Crippen molar-refractivity contribution in [3.05, 3.63) is 0 Å². The van der Waals surface area contributed by atoms with Crippen LogP contribution in [-0.4, -0.2) is 62.1 Å². The zero-order valence-electron chi connectivity index (χ0n) is 13.8. The molecule has 126 valence electrons. The first-order valence-corrected chi connectivity index (χ1v) is 8.41. The third-order valence-corrected chi connectivity index (χ3v) is 5.04. The Morgan fingerprint density at radius 1 is 1.23 bits per heavy atom. The first kappa shape index (κ1) is 17.2. The molecule has 2 N–H and O–H groups in total. The first-order valence-electron chi connectivity index (χ1n) is 8.41. The van der Waals surface area contributed by atoms with Crippen LogP contribution in [0.5, 0.6) is 0 Å². The second kappa shape index (κ2) is 7.92. The van der Waals surface area contributed by atoms with Gasteiger partial charge >= 0.3 is 0 Å². The molecule has 1 saturated carbocycles. The quantitative estimate of drug-likeness (QED) is 0.707. The van der Waals surface area contributed by atoms with Crippen molar-refractivity contribution in [2.45, 2.75) is 56.5 Å². The minimum atomic E-state index is -0.493. The van der Waals surface area contributed by atoms with E-state index in [1.165, 1.54) is 6.42 Å². The molecule has 0 aromatic heterocycles. The molecule has 2 aliphatic rings. The van der Waals surface area contributed by atoms with Gasteiger partial charge in [0.05, 0.1) is 12.6 Å². The summed E-state index contributed by atoms with van der Waals surface area (Å²) < 4.78 is 4.98. The van der Waals surface area contributed by atoms with E-state index in [0.29, 0.717) is 13.2 Å². The third kappa shape index (κ3) is 3.43. The highest BCUT2D eigenvalue weighted by molar-refractivity contribution is 5.88. The summed E-state index contributed by atoms with van der Waals surface area (Å²) in [6, 6.07) is -0.188. The number of amides is 2. The highest BCUT2D eigenvalue weighted by atomic mass is 16.5. The summed E-state index contributed by atoms with van der Waals surface area (Å²) in [5.74, 6) is 0.104. The molecular weight excluding hydrogens is 282 g/mol. The number of hydrogen-bond donors (Lipinski definition) is 2. The first-order chi connectivity index (χ1) is 10.7. The number of likely N-dealkylation sites (N-methyl/N-ethyl adjacent to an activating group) is 1. The van der Waals surface area contributed by atoms with E-state index in [4.69, 9.17) is 4.74 Å². The van der Waals surface area contributed by atoms with Crippen LogP contribution in [0.15, 0.2) is 0 Å². The Bertz CT molecular complexity index is 394. The van der Waals surface area contributed by atoms with Gasteiger partial charge in [0.2, 0.25) is 11.8 Å². The molecule has 0 radical (unpaired) electrons. The zero-order valence-corrected chi connectivity index (χ0v) is 13.8. The van der Waals surface area contributed by atoms with E-state index in [0.717, 1.165) is 45.1 Å². The van der Waals surface area contributed by atoms with Gasteiger partial charge in [0.15, 0.2) is 0 Å². The Morgan fingerprint density at radius 2 is 1.95 bits per heavy atom. The number of likely N-dealkylation sites (tertiary alicyclic amines) is 1. The predicted octanol–water partition coefficient (Wildman–Crippen LogP) is 0.662. The van der Waals surface area contributed by atoms with Crippen LogP contribution >= 0.6 is 0 Å². The zero-order chi connectivity index (χ0) is 16.0. The van der Waals surface area contributed by atoms with Crippen LogP contribution in [0.1, 0.15) is 44.9 Å². The maximum absolute atomic E-state index is 12.6. The minimum Gasteiger partial charge on any atom is -0.383 e. The molecule has 1 atom stereocenters. The molecule has 1 heterocycles. The van der Waals surface area contributed by atoms with Crippen molar-refractivity contribution in [3.63, 3.8) is 0 Å². The van der Waals surface area contributed by atoms with Crippen LogP contribution in [0.4, 0.5) is 0 Å². The molecule has 1 saturated heterocycles. The molecule has 0 bridgehead atoms. The van der Waals surface area contributed by atoms with Crippen LogP contribution in [0.2, 0.25) is 0 Å². The Kier molecular flexibility index (Phi) is 6.20. The molecule has 2 amide bonds. The van der Waals surface area contributed by atoms with Gasteiger partial charge in [-0.05, 0) is 25.7 Å². The van der Waals surface area contributed by atoms with Crippen molar-refractivity contribution in [2.24, 2.45) is 0 Å². The van der Waals surface area contributed by atoms with Crippen LogP contribution in [-0.2, 0) is 14.3 Å². The maximum Gasteiger partial charge on any atom is 0.240 e. The van der Waals surface area contributed by atoms with Crippen LogP contribution < -0.4 is 10.6 Å². The maximum atomic E-state index is 12.6. The van der Waals surface area contributed by atoms with Crippen molar-refractivity contribution in [1.29, 1.82) is 0 Å². The molecule has 0 aromatic rings. The van der Waals surface area contributed by atoms with Crippen LogP contribution in [0, 0.1) is 0 Å². The fourth-order valence-corrected chi connectivity index (χ4v) is 3.96. The largest absolute Gasteiger partial charge is 0.383 e. The normalized spacial score (nSPS) is 24.9. The van der Waals surface area contributed by atoms with Gasteiger partial charge in [-0.1, -0.05) is 19.3 Å².